The molecule has 0 heterocycles. The predicted molar refractivity (Wildman–Crippen MR) is 69.9 cm³/mol. The van der Waals surface area contributed by atoms with E-state index in [4.69, 9.17) is 0 Å². The molecule has 0 radical (unpaired) electrons. The molecule has 0 bridgehead atoms. The van der Waals surface area contributed by atoms with Crippen molar-refractivity contribution in [2.45, 2.75) is 72.6 Å². The minimum atomic E-state index is -0.839. The minimum Gasteiger partial charge on any atom is -1.00 e. The van der Waals surface area contributed by atoms with Crippen LogP contribution in [-0.2, 0) is 0 Å². The van der Waals surface area contributed by atoms with E-state index in [-0.39, 0.29) is 18.6 Å². The Morgan fingerprint density at radius 3 is 1.13 bits per heavy atom. The largest absolute Gasteiger partial charge is 1.00 e. The van der Waals surface area contributed by atoms with E-state index >= 15 is 0 Å². The van der Waals surface area contributed by atoms with Crippen molar-refractivity contribution < 1.29 is 12.4 Å². The van der Waals surface area contributed by atoms with Crippen LogP contribution in [0.4, 0.5) is 0 Å². The molecule has 0 rings (SSSR count). The molecule has 0 unspecified atom stereocenters. The Labute approximate surface area is 111 Å². The molecule has 0 saturated heterocycles. The fourth-order valence-corrected chi connectivity index (χ4v) is 11.1. The first-order valence-electron chi connectivity index (χ1n) is 6.18. The van der Waals surface area contributed by atoms with E-state index in [2.05, 4.69) is 20.8 Å². The maximum atomic E-state index is 2.33. The van der Waals surface area contributed by atoms with Crippen LogP contribution in [0.3, 0.4) is 0 Å². The minimum absolute atomic E-state index is 0. The van der Waals surface area contributed by atoms with Crippen molar-refractivity contribution in [3.8, 4) is 0 Å². The molecule has 0 fully saturated rings. The zero-order valence-electron chi connectivity index (χ0n) is 10.9. The number of hydrogen-bond donors (Lipinski definition) is 1. The second kappa shape index (κ2) is 17.4. The van der Waals surface area contributed by atoms with Crippen molar-refractivity contribution >= 4 is 19.8 Å². The summed E-state index contributed by atoms with van der Waals surface area (Å²) in [6.07, 6.45) is 8.85. The van der Waals surface area contributed by atoms with Crippen LogP contribution in [0.2, 0.25) is 13.3 Å². The molecule has 94 valence electrons. The van der Waals surface area contributed by atoms with Gasteiger partial charge in [-0.15, -0.1) is 0 Å². The van der Waals surface area contributed by atoms with Crippen LogP contribution in [0.15, 0.2) is 0 Å². The summed E-state index contributed by atoms with van der Waals surface area (Å²) in [4.78, 5) is 0. The molecule has 0 aromatic rings. The normalized spacial score (nSPS) is 9.00. The topological polar surface area (TPSA) is 35.0 Å². The monoisotopic (exact) mass is 343 g/mol. The molecule has 0 aromatic carbocycles. The van der Waals surface area contributed by atoms with Gasteiger partial charge in [0.1, 0.15) is 0 Å². The molecule has 0 aliphatic rings. The molecular formula is C12H30ClNSn. The van der Waals surface area contributed by atoms with Crippen LogP contribution in [0, 0.1) is 0 Å². The fourth-order valence-electron chi connectivity index (χ4n) is 1.66. The van der Waals surface area contributed by atoms with Gasteiger partial charge in [0, 0.05) is 0 Å². The average molecular weight is 343 g/mol. The molecule has 0 amide bonds. The van der Waals surface area contributed by atoms with E-state index < -0.39 is 19.8 Å². The molecule has 0 aromatic heterocycles. The van der Waals surface area contributed by atoms with Gasteiger partial charge in [-0.25, -0.2) is 0 Å². The van der Waals surface area contributed by atoms with E-state index in [1.165, 1.54) is 38.5 Å². The van der Waals surface area contributed by atoms with Crippen LogP contribution in [0.5, 0.6) is 0 Å². The summed E-state index contributed by atoms with van der Waals surface area (Å²) in [5, 5.41) is 0. The third kappa shape index (κ3) is 15.0. The van der Waals surface area contributed by atoms with E-state index in [1.54, 1.807) is 13.3 Å². The molecule has 0 saturated carbocycles. The quantitative estimate of drug-likeness (QED) is 0.640. The molecule has 3 N–H and O–H groups in total. The van der Waals surface area contributed by atoms with Gasteiger partial charge in [-0.3, -0.25) is 0 Å². The molecule has 15 heavy (non-hydrogen) atoms. The Hall–Kier alpha value is 1.05. The van der Waals surface area contributed by atoms with Crippen LogP contribution >= 0.6 is 0 Å². The van der Waals surface area contributed by atoms with Gasteiger partial charge < -0.3 is 18.6 Å². The Balaban J connectivity index is -0.000000720. The van der Waals surface area contributed by atoms with E-state index in [9.17, 15) is 0 Å². The third-order valence-corrected chi connectivity index (χ3v) is 11.7. The van der Waals surface area contributed by atoms with Gasteiger partial charge in [0.25, 0.3) is 0 Å². The average Bonchev–Trinajstić information content (AvgIpc) is 2.17. The molecule has 1 nitrogen and oxygen atoms in total. The second-order valence-electron chi connectivity index (χ2n) is 4.06. The molecule has 3 heteroatoms. The van der Waals surface area contributed by atoms with E-state index in [0.29, 0.717) is 0 Å². The van der Waals surface area contributed by atoms with Crippen LogP contribution in [0.25, 0.3) is 0 Å². The molecule has 0 aliphatic carbocycles. The summed E-state index contributed by atoms with van der Waals surface area (Å²) in [6.45, 7) is 7.00. The van der Waals surface area contributed by atoms with Crippen molar-refractivity contribution in [2.24, 2.45) is 0 Å². The molecule has 0 aliphatic heterocycles. The van der Waals surface area contributed by atoms with Crippen molar-refractivity contribution in [1.29, 1.82) is 0 Å². The zero-order valence-corrected chi connectivity index (χ0v) is 14.6. The predicted octanol–water partition coefficient (Wildman–Crippen LogP) is 2.05. The SMILES string of the molecule is CCC[CH2][Sn+]([CH2]CCC)[CH2]CCC.N.[Cl-]. The first-order chi connectivity index (χ1) is 6.35. The summed E-state index contributed by atoms with van der Waals surface area (Å²) < 4.78 is 5.04. The maximum absolute atomic E-state index is 2.33. The van der Waals surface area contributed by atoms with Crippen LogP contribution < -0.4 is 18.6 Å². The van der Waals surface area contributed by atoms with Gasteiger partial charge in [-0.05, 0) is 0 Å². The van der Waals surface area contributed by atoms with Crippen LogP contribution in [-0.4, -0.2) is 19.8 Å². The van der Waals surface area contributed by atoms with E-state index in [1.807, 2.05) is 0 Å². The molecular weight excluding hydrogens is 312 g/mol. The van der Waals surface area contributed by atoms with Gasteiger partial charge >= 0.3 is 92.4 Å². The zero-order chi connectivity index (χ0) is 9.94. The number of rotatable bonds is 9. The fraction of sp³-hybridized carbons (Fsp3) is 1.00. The number of hydrogen-bond acceptors (Lipinski definition) is 1. The first kappa shape index (κ1) is 21.3. The first-order valence-corrected chi connectivity index (χ1v) is 12.2. The summed E-state index contributed by atoms with van der Waals surface area (Å²) in [5.41, 5.74) is 0. The van der Waals surface area contributed by atoms with Gasteiger partial charge in [0.2, 0.25) is 0 Å². The summed E-state index contributed by atoms with van der Waals surface area (Å²) in [6, 6.07) is 0. The second-order valence-corrected chi connectivity index (χ2v) is 12.6. The van der Waals surface area contributed by atoms with Gasteiger partial charge in [0.05, 0.1) is 0 Å². The maximum Gasteiger partial charge on any atom is -0.344 e. The van der Waals surface area contributed by atoms with Crippen molar-refractivity contribution in [1.82, 2.24) is 6.15 Å². The van der Waals surface area contributed by atoms with Gasteiger partial charge in [0.15, 0.2) is 0 Å². The summed E-state index contributed by atoms with van der Waals surface area (Å²) in [5.74, 6) is 0. The van der Waals surface area contributed by atoms with Crippen molar-refractivity contribution in [3.63, 3.8) is 0 Å². The Morgan fingerprint density at radius 1 is 0.667 bits per heavy atom. The summed E-state index contributed by atoms with van der Waals surface area (Å²) >= 11 is -0.839. The Kier molecular flexibility index (Phi) is 24.8. The molecule has 0 atom stereocenters. The van der Waals surface area contributed by atoms with Crippen molar-refractivity contribution in [2.75, 3.05) is 0 Å². The number of halogens is 1. The van der Waals surface area contributed by atoms with Crippen molar-refractivity contribution in [3.05, 3.63) is 0 Å². The number of unbranched alkanes of at least 4 members (excludes halogenated alkanes) is 3. The Bertz CT molecular complexity index is 82.6. The van der Waals surface area contributed by atoms with Crippen LogP contribution in [0.1, 0.15) is 59.3 Å². The molecule has 0 spiro atoms. The van der Waals surface area contributed by atoms with Gasteiger partial charge in [-0.1, -0.05) is 0 Å². The Morgan fingerprint density at radius 2 is 0.933 bits per heavy atom. The smallest absolute Gasteiger partial charge is 0.344 e. The van der Waals surface area contributed by atoms with E-state index in [0.717, 1.165) is 0 Å². The standard InChI is InChI=1S/3C4H9.ClH.H3N.Sn/c3*1-3-4-2;;;/h3*1,3-4H2,2H3;1H;1H3;/q;;;;;+1/p-1. The third-order valence-electron chi connectivity index (χ3n) is 2.65. The summed E-state index contributed by atoms with van der Waals surface area (Å²) in [7, 11) is 0. The van der Waals surface area contributed by atoms with Gasteiger partial charge in [-0.2, -0.15) is 0 Å².